The Labute approximate surface area is 115 Å². The van der Waals surface area contributed by atoms with Gasteiger partial charge in [-0.3, -0.25) is 4.79 Å². The molecule has 0 aliphatic heterocycles. The molecule has 0 bridgehead atoms. The van der Waals surface area contributed by atoms with Gasteiger partial charge in [-0.1, -0.05) is 26.2 Å². The number of rotatable bonds is 4. The lowest BCUT2D eigenvalue weighted by Gasteiger charge is -2.29. The third-order valence-electron chi connectivity index (χ3n) is 3.98. The highest BCUT2D eigenvalue weighted by Crippen LogP contribution is 2.26. The minimum absolute atomic E-state index is 0.0146. The zero-order valence-electron chi connectivity index (χ0n) is 11.8. The van der Waals surface area contributed by atoms with Gasteiger partial charge in [-0.05, 0) is 30.9 Å². The number of anilines is 1. The number of aromatic nitrogens is 1. The molecule has 0 saturated heterocycles. The molecule has 1 heterocycles. The Bertz CT molecular complexity index is 433. The van der Waals surface area contributed by atoms with E-state index in [1.165, 1.54) is 19.3 Å². The summed E-state index contributed by atoms with van der Waals surface area (Å²) in [6.45, 7) is 2.23. The van der Waals surface area contributed by atoms with Crippen LogP contribution in [0.2, 0.25) is 0 Å². The average Bonchev–Trinajstić information content (AvgIpc) is 2.47. The Kier molecular flexibility index (Phi) is 4.77. The molecule has 2 N–H and O–H groups in total. The smallest absolute Gasteiger partial charge is 0.255 e. The molecule has 1 fully saturated rings. The normalized spacial score (nSPS) is 22.8. The number of carbonyl (C=O) groups excluding carboxylic acids is 1. The monoisotopic (exact) mass is 261 g/mol. The van der Waals surface area contributed by atoms with Crippen molar-refractivity contribution < 1.29 is 4.79 Å². The van der Waals surface area contributed by atoms with Gasteiger partial charge in [0, 0.05) is 19.3 Å². The minimum atomic E-state index is -0.0146. The van der Waals surface area contributed by atoms with E-state index in [0.29, 0.717) is 17.4 Å². The molecule has 2 rings (SSSR count). The molecule has 1 aliphatic rings. The number of nitrogens with one attached hydrogen (secondary N) is 2. The van der Waals surface area contributed by atoms with Crippen molar-refractivity contribution >= 4 is 11.7 Å². The molecule has 4 nitrogen and oxygen atoms in total. The zero-order chi connectivity index (χ0) is 13.7. The van der Waals surface area contributed by atoms with Gasteiger partial charge >= 0.3 is 0 Å². The van der Waals surface area contributed by atoms with Crippen LogP contribution >= 0.6 is 0 Å². The van der Waals surface area contributed by atoms with Crippen molar-refractivity contribution in [3.8, 4) is 0 Å². The second-order valence-corrected chi connectivity index (χ2v) is 5.26. The van der Waals surface area contributed by atoms with Crippen molar-refractivity contribution in [1.29, 1.82) is 0 Å². The average molecular weight is 261 g/mol. The van der Waals surface area contributed by atoms with Crippen LogP contribution in [0.5, 0.6) is 0 Å². The molecule has 0 aromatic carbocycles. The lowest BCUT2D eigenvalue weighted by molar-refractivity contribution is 0.0919. The maximum Gasteiger partial charge on any atom is 0.255 e. The van der Waals surface area contributed by atoms with Crippen molar-refractivity contribution in [2.45, 2.75) is 45.1 Å². The molecule has 1 aliphatic carbocycles. The number of carbonyl (C=O) groups is 1. The van der Waals surface area contributed by atoms with E-state index in [0.717, 1.165) is 18.8 Å². The highest BCUT2D eigenvalue weighted by atomic mass is 16.1. The Morgan fingerprint density at radius 3 is 3.05 bits per heavy atom. The first-order valence-electron chi connectivity index (χ1n) is 7.18. The van der Waals surface area contributed by atoms with Gasteiger partial charge < -0.3 is 10.6 Å². The first-order chi connectivity index (χ1) is 9.24. The first kappa shape index (κ1) is 13.8. The molecule has 2 unspecified atom stereocenters. The summed E-state index contributed by atoms with van der Waals surface area (Å²) in [6, 6.07) is 3.93. The van der Waals surface area contributed by atoms with Gasteiger partial charge in [-0.25, -0.2) is 4.98 Å². The second-order valence-electron chi connectivity index (χ2n) is 5.26. The summed E-state index contributed by atoms with van der Waals surface area (Å²) in [4.78, 5) is 16.5. The molecule has 2 atom stereocenters. The molecule has 0 radical (unpaired) electrons. The van der Waals surface area contributed by atoms with Crippen LogP contribution < -0.4 is 10.6 Å². The fourth-order valence-corrected chi connectivity index (χ4v) is 2.84. The SMILES string of the molecule is CCC1CCCC(NC(=O)c2cccnc2NC)C1. The van der Waals surface area contributed by atoms with Crippen LogP contribution in [-0.4, -0.2) is 24.0 Å². The zero-order valence-corrected chi connectivity index (χ0v) is 11.8. The van der Waals surface area contributed by atoms with E-state index in [2.05, 4.69) is 22.5 Å². The number of nitrogens with zero attached hydrogens (tertiary/aromatic N) is 1. The van der Waals surface area contributed by atoms with Crippen LogP contribution in [0.3, 0.4) is 0 Å². The summed E-state index contributed by atoms with van der Waals surface area (Å²) in [5.74, 6) is 1.39. The standard InChI is InChI=1S/C15H23N3O/c1-3-11-6-4-7-12(10-11)18-15(19)13-8-5-9-17-14(13)16-2/h5,8-9,11-12H,3-4,6-7,10H2,1-2H3,(H,16,17)(H,18,19). The molecule has 1 saturated carbocycles. The first-order valence-corrected chi connectivity index (χ1v) is 7.18. The van der Waals surface area contributed by atoms with Crippen LogP contribution in [-0.2, 0) is 0 Å². The van der Waals surface area contributed by atoms with E-state index >= 15 is 0 Å². The van der Waals surface area contributed by atoms with Crippen molar-refractivity contribution in [2.75, 3.05) is 12.4 Å². The van der Waals surface area contributed by atoms with E-state index < -0.39 is 0 Å². The Balaban J connectivity index is 2.00. The van der Waals surface area contributed by atoms with Crippen LogP contribution in [0.1, 0.15) is 49.4 Å². The molecule has 0 spiro atoms. The van der Waals surface area contributed by atoms with Crippen molar-refractivity contribution in [3.05, 3.63) is 23.9 Å². The molecular weight excluding hydrogens is 238 g/mol. The predicted octanol–water partition coefficient (Wildman–Crippen LogP) is 2.82. The molecule has 104 valence electrons. The van der Waals surface area contributed by atoms with Crippen LogP contribution in [0.25, 0.3) is 0 Å². The van der Waals surface area contributed by atoms with E-state index in [9.17, 15) is 4.79 Å². The summed E-state index contributed by atoms with van der Waals surface area (Å²) in [6.07, 6.45) is 7.62. The van der Waals surface area contributed by atoms with Crippen molar-refractivity contribution in [2.24, 2.45) is 5.92 Å². The quantitative estimate of drug-likeness (QED) is 0.876. The number of hydrogen-bond donors (Lipinski definition) is 2. The van der Waals surface area contributed by atoms with Crippen molar-refractivity contribution in [1.82, 2.24) is 10.3 Å². The summed E-state index contributed by atoms with van der Waals surface area (Å²) in [5, 5.41) is 6.12. The van der Waals surface area contributed by atoms with Gasteiger partial charge in [0.15, 0.2) is 0 Å². The summed E-state index contributed by atoms with van der Waals surface area (Å²) in [7, 11) is 1.78. The molecule has 19 heavy (non-hydrogen) atoms. The van der Waals surface area contributed by atoms with Crippen LogP contribution in [0.4, 0.5) is 5.82 Å². The minimum Gasteiger partial charge on any atom is -0.372 e. The van der Waals surface area contributed by atoms with Gasteiger partial charge in [-0.15, -0.1) is 0 Å². The van der Waals surface area contributed by atoms with Gasteiger partial charge in [0.25, 0.3) is 5.91 Å². The predicted molar refractivity (Wildman–Crippen MR) is 77.3 cm³/mol. The summed E-state index contributed by atoms with van der Waals surface area (Å²) in [5.41, 5.74) is 0.628. The van der Waals surface area contributed by atoms with Crippen molar-refractivity contribution in [3.63, 3.8) is 0 Å². The number of pyridine rings is 1. The Hall–Kier alpha value is -1.58. The summed E-state index contributed by atoms with van der Waals surface area (Å²) >= 11 is 0. The van der Waals surface area contributed by atoms with Gasteiger partial charge in [-0.2, -0.15) is 0 Å². The lowest BCUT2D eigenvalue weighted by atomic mass is 9.84. The fourth-order valence-electron chi connectivity index (χ4n) is 2.84. The maximum atomic E-state index is 12.3. The molecule has 1 aromatic rings. The molecule has 1 aromatic heterocycles. The highest BCUT2D eigenvalue weighted by molar-refractivity contribution is 5.98. The third kappa shape index (κ3) is 3.46. The second kappa shape index (κ2) is 6.55. The van der Waals surface area contributed by atoms with Gasteiger partial charge in [0.1, 0.15) is 5.82 Å². The Morgan fingerprint density at radius 2 is 2.32 bits per heavy atom. The number of hydrogen-bond acceptors (Lipinski definition) is 3. The maximum absolute atomic E-state index is 12.3. The Morgan fingerprint density at radius 1 is 1.47 bits per heavy atom. The van der Waals surface area contributed by atoms with E-state index in [1.54, 1.807) is 19.3 Å². The largest absolute Gasteiger partial charge is 0.372 e. The molecular formula is C15H23N3O. The molecule has 4 heteroatoms. The highest BCUT2D eigenvalue weighted by Gasteiger charge is 2.23. The lowest BCUT2D eigenvalue weighted by Crippen LogP contribution is -2.38. The fraction of sp³-hybridized carbons (Fsp3) is 0.600. The van der Waals surface area contributed by atoms with Gasteiger partial charge in [0.05, 0.1) is 5.56 Å². The van der Waals surface area contributed by atoms with E-state index in [-0.39, 0.29) is 5.91 Å². The van der Waals surface area contributed by atoms with E-state index in [1.807, 2.05) is 6.07 Å². The van der Waals surface area contributed by atoms with Crippen LogP contribution in [0.15, 0.2) is 18.3 Å². The van der Waals surface area contributed by atoms with Gasteiger partial charge in [0.2, 0.25) is 0 Å². The van der Waals surface area contributed by atoms with Crippen LogP contribution in [0, 0.1) is 5.92 Å². The summed E-state index contributed by atoms with van der Waals surface area (Å²) < 4.78 is 0. The topological polar surface area (TPSA) is 54.0 Å². The molecule has 1 amide bonds. The third-order valence-corrected chi connectivity index (χ3v) is 3.98. The number of amides is 1. The van der Waals surface area contributed by atoms with E-state index in [4.69, 9.17) is 0 Å².